The first kappa shape index (κ1) is 36.0. The second-order valence-corrected chi connectivity index (χ2v) is 16.9. The number of hydrogen-bond donors (Lipinski definition) is 0. The van der Waals surface area contributed by atoms with Crippen molar-refractivity contribution in [2.75, 3.05) is 0 Å². The molecule has 1 aliphatic rings. The predicted octanol–water partition coefficient (Wildman–Crippen LogP) is 15.8. The Morgan fingerprint density at radius 3 is 1.81 bits per heavy atom. The van der Waals surface area contributed by atoms with Crippen LogP contribution in [0.3, 0.4) is 0 Å². The standard InChI is InChI=1S/C59H40N2O/c1-59(2)52-27-10-8-22-48(52)49-30-29-40(35-53(49)59)39-19-12-20-41(31-39)54-36-55(61-58(60-54)38-16-4-3-5-17-38)44-33-42(46-24-13-18-37-15-6-7-21-45(37)46)32-43(34-44)47-25-14-26-51-50-23-9-11-28-56(50)62-57(47)51/h3-36H,1-2H3. The Morgan fingerprint density at radius 2 is 0.919 bits per heavy atom. The maximum atomic E-state index is 6.63. The van der Waals surface area contributed by atoms with Crippen LogP contribution < -0.4 is 0 Å². The summed E-state index contributed by atoms with van der Waals surface area (Å²) in [6.45, 7) is 4.67. The number of fused-ring (bicyclic) bond motifs is 7. The van der Waals surface area contributed by atoms with E-state index in [2.05, 4.69) is 190 Å². The molecule has 0 unspecified atom stereocenters. The Labute approximate surface area is 360 Å². The molecule has 292 valence electrons. The lowest BCUT2D eigenvalue weighted by molar-refractivity contribution is 0.660. The van der Waals surface area contributed by atoms with Crippen molar-refractivity contribution in [1.29, 1.82) is 0 Å². The molecule has 3 heteroatoms. The number of rotatable bonds is 6. The molecule has 3 nitrogen and oxygen atoms in total. The number of benzene rings is 9. The first-order valence-electron chi connectivity index (χ1n) is 21.3. The maximum absolute atomic E-state index is 6.63. The molecular weight excluding hydrogens is 753 g/mol. The van der Waals surface area contributed by atoms with Crippen molar-refractivity contribution in [1.82, 2.24) is 9.97 Å². The fourth-order valence-corrected chi connectivity index (χ4v) is 9.74. The second-order valence-electron chi connectivity index (χ2n) is 16.9. The van der Waals surface area contributed by atoms with Gasteiger partial charge in [-0.15, -0.1) is 0 Å². The highest BCUT2D eigenvalue weighted by molar-refractivity contribution is 6.10. The Bertz CT molecular complexity index is 3550. The average Bonchev–Trinajstić information content (AvgIpc) is 3.83. The highest BCUT2D eigenvalue weighted by atomic mass is 16.3. The quantitative estimate of drug-likeness (QED) is 0.168. The summed E-state index contributed by atoms with van der Waals surface area (Å²) >= 11 is 0. The molecule has 0 atom stereocenters. The minimum atomic E-state index is -0.0823. The Morgan fingerprint density at radius 1 is 0.355 bits per heavy atom. The summed E-state index contributed by atoms with van der Waals surface area (Å²) in [4.78, 5) is 10.6. The van der Waals surface area contributed by atoms with E-state index in [4.69, 9.17) is 14.4 Å². The molecule has 0 aliphatic heterocycles. The summed E-state index contributed by atoms with van der Waals surface area (Å²) < 4.78 is 6.63. The van der Waals surface area contributed by atoms with Gasteiger partial charge in [-0.05, 0) is 103 Å². The fourth-order valence-electron chi connectivity index (χ4n) is 9.74. The van der Waals surface area contributed by atoms with Crippen molar-refractivity contribution in [2.24, 2.45) is 0 Å². The smallest absolute Gasteiger partial charge is 0.160 e. The van der Waals surface area contributed by atoms with E-state index < -0.39 is 0 Å². The van der Waals surface area contributed by atoms with Crippen LogP contribution in [0.5, 0.6) is 0 Å². The molecule has 0 saturated carbocycles. The molecule has 1 aliphatic carbocycles. The second kappa shape index (κ2) is 14.1. The number of furan rings is 1. The van der Waals surface area contributed by atoms with Gasteiger partial charge in [0.15, 0.2) is 5.82 Å². The Hall–Kier alpha value is -7.88. The summed E-state index contributed by atoms with van der Waals surface area (Å²) in [5, 5.41) is 4.60. The van der Waals surface area contributed by atoms with Gasteiger partial charge in [-0.25, -0.2) is 9.97 Å². The van der Waals surface area contributed by atoms with E-state index >= 15 is 0 Å². The zero-order chi connectivity index (χ0) is 41.4. The lowest BCUT2D eigenvalue weighted by Crippen LogP contribution is -2.14. The molecule has 2 aromatic heterocycles. The SMILES string of the molecule is CC1(C)c2ccccc2-c2ccc(-c3cccc(-c4cc(-c5cc(-c6cccc7ccccc67)cc(-c6cccc7c6oc6ccccc67)c5)nc(-c5ccccc5)n4)c3)cc21. The third kappa shape index (κ3) is 5.89. The van der Waals surface area contributed by atoms with Gasteiger partial charge >= 0.3 is 0 Å². The molecule has 0 spiro atoms. The summed E-state index contributed by atoms with van der Waals surface area (Å²) in [5.41, 5.74) is 18.5. The van der Waals surface area contributed by atoms with Crippen molar-refractivity contribution in [2.45, 2.75) is 19.3 Å². The molecule has 0 bridgehead atoms. The van der Waals surface area contributed by atoms with E-state index in [1.165, 1.54) is 38.6 Å². The number of nitrogens with zero attached hydrogens (tertiary/aromatic N) is 2. The van der Waals surface area contributed by atoms with E-state index in [1.54, 1.807) is 0 Å². The van der Waals surface area contributed by atoms with E-state index in [1.807, 2.05) is 30.3 Å². The topological polar surface area (TPSA) is 38.9 Å². The summed E-state index contributed by atoms with van der Waals surface area (Å²) in [6.07, 6.45) is 0. The lowest BCUT2D eigenvalue weighted by atomic mass is 9.81. The molecule has 0 saturated heterocycles. The Kier molecular flexibility index (Phi) is 8.20. The first-order chi connectivity index (χ1) is 30.5. The van der Waals surface area contributed by atoms with Crippen molar-refractivity contribution < 1.29 is 4.42 Å². The lowest BCUT2D eigenvalue weighted by Gasteiger charge is -2.22. The maximum Gasteiger partial charge on any atom is 0.160 e. The van der Waals surface area contributed by atoms with E-state index in [0.29, 0.717) is 5.82 Å². The summed E-state index contributed by atoms with van der Waals surface area (Å²) in [7, 11) is 0. The zero-order valence-electron chi connectivity index (χ0n) is 34.4. The summed E-state index contributed by atoms with van der Waals surface area (Å²) in [5.74, 6) is 0.678. The molecular formula is C59H40N2O. The van der Waals surface area contributed by atoms with E-state index in [0.717, 1.165) is 77.8 Å². The van der Waals surface area contributed by atoms with Crippen molar-refractivity contribution >= 4 is 32.7 Å². The zero-order valence-corrected chi connectivity index (χ0v) is 34.4. The average molecular weight is 793 g/mol. The molecule has 2 heterocycles. The van der Waals surface area contributed by atoms with Crippen LogP contribution >= 0.6 is 0 Å². The van der Waals surface area contributed by atoms with Crippen molar-refractivity contribution in [3.8, 4) is 78.4 Å². The molecule has 0 amide bonds. The number of para-hydroxylation sites is 2. The summed E-state index contributed by atoms with van der Waals surface area (Å²) in [6, 6.07) is 73.7. The minimum absolute atomic E-state index is 0.0823. The predicted molar refractivity (Wildman–Crippen MR) is 257 cm³/mol. The van der Waals surface area contributed by atoms with Crippen LogP contribution in [0.4, 0.5) is 0 Å². The van der Waals surface area contributed by atoms with Crippen LogP contribution in [0.2, 0.25) is 0 Å². The van der Waals surface area contributed by atoms with Crippen LogP contribution in [0, 0.1) is 0 Å². The van der Waals surface area contributed by atoms with Gasteiger partial charge in [0, 0.05) is 38.4 Å². The van der Waals surface area contributed by atoms with Gasteiger partial charge in [0.05, 0.1) is 11.4 Å². The largest absolute Gasteiger partial charge is 0.455 e. The van der Waals surface area contributed by atoms with Gasteiger partial charge in [-0.3, -0.25) is 0 Å². The van der Waals surface area contributed by atoms with Gasteiger partial charge in [-0.1, -0.05) is 178 Å². The van der Waals surface area contributed by atoms with E-state index in [-0.39, 0.29) is 5.41 Å². The third-order valence-corrected chi connectivity index (χ3v) is 12.9. The van der Waals surface area contributed by atoms with Crippen LogP contribution in [0.1, 0.15) is 25.0 Å². The van der Waals surface area contributed by atoms with Crippen LogP contribution in [0.25, 0.3) is 111 Å². The molecule has 62 heavy (non-hydrogen) atoms. The van der Waals surface area contributed by atoms with Gasteiger partial charge in [-0.2, -0.15) is 0 Å². The molecule has 12 rings (SSSR count). The molecule has 0 radical (unpaired) electrons. The van der Waals surface area contributed by atoms with Crippen LogP contribution in [-0.4, -0.2) is 9.97 Å². The number of hydrogen-bond acceptors (Lipinski definition) is 3. The first-order valence-corrected chi connectivity index (χ1v) is 21.3. The fraction of sp³-hybridized carbons (Fsp3) is 0.0508. The molecule has 11 aromatic rings. The molecule has 0 fully saturated rings. The van der Waals surface area contributed by atoms with E-state index in [9.17, 15) is 0 Å². The van der Waals surface area contributed by atoms with Gasteiger partial charge < -0.3 is 4.42 Å². The highest BCUT2D eigenvalue weighted by Gasteiger charge is 2.35. The third-order valence-electron chi connectivity index (χ3n) is 12.9. The van der Waals surface area contributed by atoms with Gasteiger partial charge in [0.2, 0.25) is 0 Å². The Balaban J connectivity index is 1.05. The van der Waals surface area contributed by atoms with Crippen LogP contribution in [0.15, 0.2) is 211 Å². The monoisotopic (exact) mass is 792 g/mol. The molecule has 0 N–H and O–H groups in total. The van der Waals surface area contributed by atoms with Gasteiger partial charge in [0.1, 0.15) is 11.2 Å². The van der Waals surface area contributed by atoms with Crippen molar-refractivity contribution in [3.05, 3.63) is 217 Å². The van der Waals surface area contributed by atoms with Crippen LogP contribution in [-0.2, 0) is 5.41 Å². The minimum Gasteiger partial charge on any atom is -0.455 e. The number of aromatic nitrogens is 2. The highest BCUT2D eigenvalue weighted by Crippen LogP contribution is 2.50. The normalized spacial score (nSPS) is 12.8. The van der Waals surface area contributed by atoms with Crippen molar-refractivity contribution in [3.63, 3.8) is 0 Å². The van der Waals surface area contributed by atoms with Gasteiger partial charge in [0.25, 0.3) is 0 Å². The molecule has 9 aromatic carbocycles.